The van der Waals surface area contributed by atoms with Gasteiger partial charge in [-0.2, -0.15) is 5.10 Å². The van der Waals surface area contributed by atoms with Gasteiger partial charge in [-0.15, -0.1) is 0 Å². The highest BCUT2D eigenvalue weighted by Crippen LogP contribution is 2.60. The highest BCUT2D eigenvalue weighted by molar-refractivity contribution is 6.05. The number of carbonyl (C=O) groups excluding carboxylic acids is 1. The second-order valence-corrected chi connectivity index (χ2v) is 10.2. The second kappa shape index (κ2) is 6.55. The van der Waals surface area contributed by atoms with E-state index in [4.69, 9.17) is 0 Å². The third-order valence-electron chi connectivity index (χ3n) is 8.09. The standard InChI is InChI=1S/C25H28N4O2/c1-28-14-21(22(30)20-13-26-29(2)24(20)28)23(31)27-19-5-3-18(4-6-19)25-10-15-7-16(11-25)9-17(8-15)12-25/h3-6,13-17H,7-12H2,1-2H3,(H,27,31). The fourth-order valence-electron chi connectivity index (χ4n) is 7.20. The topological polar surface area (TPSA) is 68.9 Å². The SMILES string of the molecule is Cn1cc(C(=O)Nc2ccc(C34CC5CC(CC(C5)C3)C4)cc2)c(=O)c2cnn(C)c21. The van der Waals surface area contributed by atoms with Gasteiger partial charge in [-0.1, -0.05) is 12.1 Å². The molecule has 4 saturated carbocycles. The third kappa shape index (κ3) is 2.87. The summed E-state index contributed by atoms with van der Waals surface area (Å²) in [5, 5.41) is 7.53. The minimum Gasteiger partial charge on any atom is -0.335 e. The Morgan fingerprint density at radius 3 is 2.26 bits per heavy atom. The van der Waals surface area contributed by atoms with Crippen LogP contribution in [0.1, 0.15) is 54.4 Å². The smallest absolute Gasteiger partial charge is 0.261 e. The van der Waals surface area contributed by atoms with Crippen molar-refractivity contribution in [3.8, 4) is 0 Å². The Morgan fingerprint density at radius 1 is 1.03 bits per heavy atom. The molecule has 4 bridgehead atoms. The van der Waals surface area contributed by atoms with Crippen molar-refractivity contribution in [3.63, 3.8) is 0 Å². The van der Waals surface area contributed by atoms with Crippen LogP contribution in [-0.2, 0) is 19.5 Å². The zero-order valence-corrected chi connectivity index (χ0v) is 18.1. The first kappa shape index (κ1) is 18.8. The van der Waals surface area contributed by atoms with Gasteiger partial charge in [0.2, 0.25) is 5.43 Å². The van der Waals surface area contributed by atoms with Crippen LogP contribution in [0, 0.1) is 17.8 Å². The number of hydrogen-bond acceptors (Lipinski definition) is 3. The molecule has 0 atom stereocenters. The lowest BCUT2D eigenvalue weighted by Gasteiger charge is -2.57. The van der Waals surface area contributed by atoms with Gasteiger partial charge in [0.15, 0.2) is 0 Å². The molecule has 7 rings (SSSR count). The number of carbonyl (C=O) groups is 1. The number of nitrogens with zero attached hydrogens (tertiary/aromatic N) is 3. The number of rotatable bonds is 3. The number of benzene rings is 1. The Balaban J connectivity index is 1.26. The fraction of sp³-hybridized carbons (Fsp3) is 0.480. The molecule has 4 fully saturated rings. The number of fused-ring (bicyclic) bond motifs is 1. The number of pyridine rings is 1. The average molecular weight is 417 g/mol. The van der Waals surface area contributed by atoms with Crippen molar-refractivity contribution < 1.29 is 4.79 Å². The predicted octanol–water partition coefficient (Wildman–Crippen LogP) is 3.99. The Morgan fingerprint density at radius 2 is 1.65 bits per heavy atom. The molecule has 3 aromatic rings. The summed E-state index contributed by atoms with van der Waals surface area (Å²) in [5.74, 6) is 2.34. The molecule has 1 amide bonds. The summed E-state index contributed by atoms with van der Waals surface area (Å²) in [4.78, 5) is 25.7. The molecule has 160 valence electrons. The van der Waals surface area contributed by atoms with Gasteiger partial charge in [0.05, 0.1) is 11.6 Å². The maximum absolute atomic E-state index is 12.9. The van der Waals surface area contributed by atoms with E-state index >= 15 is 0 Å². The Bertz CT molecular complexity index is 1220. The molecule has 31 heavy (non-hydrogen) atoms. The molecule has 4 aliphatic carbocycles. The largest absolute Gasteiger partial charge is 0.335 e. The van der Waals surface area contributed by atoms with Crippen LogP contribution in [0.15, 0.2) is 41.5 Å². The third-order valence-corrected chi connectivity index (χ3v) is 8.09. The average Bonchev–Trinajstić information content (AvgIpc) is 3.12. The number of aromatic nitrogens is 3. The lowest BCUT2D eigenvalue weighted by molar-refractivity contribution is -0.00518. The monoisotopic (exact) mass is 416 g/mol. The Hall–Kier alpha value is -2.89. The van der Waals surface area contributed by atoms with Gasteiger partial charge < -0.3 is 9.88 Å². The quantitative estimate of drug-likeness (QED) is 0.702. The van der Waals surface area contributed by atoms with Crippen LogP contribution >= 0.6 is 0 Å². The first-order valence-corrected chi connectivity index (χ1v) is 11.3. The van der Waals surface area contributed by atoms with E-state index in [-0.39, 0.29) is 16.9 Å². The van der Waals surface area contributed by atoms with Gasteiger partial charge in [0.1, 0.15) is 11.2 Å². The molecule has 0 aliphatic heterocycles. The maximum atomic E-state index is 12.9. The molecule has 1 N–H and O–H groups in total. The van der Waals surface area contributed by atoms with Crippen molar-refractivity contribution in [2.24, 2.45) is 31.8 Å². The van der Waals surface area contributed by atoms with E-state index in [2.05, 4.69) is 22.5 Å². The van der Waals surface area contributed by atoms with Gasteiger partial charge in [-0.25, -0.2) is 0 Å². The Kier molecular flexibility index (Phi) is 3.98. The zero-order chi connectivity index (χ0) is 21.3. The van der Waals surface area contributed by atoms with Gasteiger partial charge in [-0.05, 0) is 79.4 Å². The van der Waals surface area contributed by atoms with Crippen molar-refractivity contribution in [2.45, 2.75) is 43.9 Å². The summed E-state index contributed by atoms with van der Waals surface area (Å²) < 4.78 is 3.41. The molecule has 6 heteroatoms. The van der Waals surface area contributed by atoms with E-state index in [1.807, 2.05) is 19.2 Å². The van der Waals surface area contributed by atoms with Gasteiger partial charge in [-0.3, -0.25) is 14.3 Å². The maximum Gasteiger partial charge on any atom is 0.261 e. The molecular weight excluding hydrogens is 388 g/mol. The molecule has 0 radical (unpaired) electrons. The van der Waals surface area contributed by atoms with E-state index in [0.717, 1.165) is 23.4 Å². The number of anilines is 1. The van der Waals surface area contributed by atoms with Crippen LogP contribution in [0.25, 0.3) is 11.0 Å². The van der Waals surface area contributed by atoms with E-state index in [9.17, 15) is 9.59 Å². The van der Waals surface area contributed by atoms with Crippen molar-refractivity contribution in [1.29, 1.82) is 0 Å². The molecule has 4 aliphatic rings. The molecule has 2 heterocycles. The molecule has 1 aromatic carbocycles. The second-order valence-electron chi connectivity index (χ2n) is 10.2. The predicted molar refractivity (Wildman–Crippen MR) is 120 cm³/mol. The normalized spacial score (nSPS) is 28.9. The Labute approximate surface area is 181 Å². The minimum atomic E-state index is -0.381. The van der Waals surface area contributed by atoms with Crippen molar-refractivity contribution >= 4 is 22.6 Å². The summed E-state index contributed by atoms with van der Waals surface area (Å²) in [5.41, 5.74) is 3.04. The van der Waals surface area contributed by atoms with E-state index in [0.29, 0.717) is 16.4 Å². The van der Waals surface area contributed by atoms with E-state index in [1.165, 1.54) is 50.3 Å². The van der Waals surface area contributed by atoms with Crippen molar-refractivity contribution in [2.75, 3.05) is 5.32 Å². The lowest BCUT2D eigenvalue weighted by atomic mass is 9.48. The number of nitrogens with one attached hydrogen (secondary N) is 1. The number of amides is 1. The van der Waals surface area contributed by atoms with Crippen LogP contribution in [0.3, 0.4) is 0 Å². The van der Waals surface area contributed by atoms with Crippen LogP contribution in [-0.4, -0.2) is 20.3 Å². The highest BCUT2D eigenvalue weighted by Gasteiger charge is 2.51. The summed E-state index contributed by atoms with van der Waals surface area (Å²) in [6, 6.07) is 8.40. The van der Waals surface area contributed by atoms with Gasteiger partial charge in [0, 0.05) is 26.0 Å². The summed E-state index contributed by atoms with van der Waals surface area (Å²) in [6.07, 6.45) is 11.4. The number of hydrogen-bond donors (Lipinski definition) is 1. The van der Waals surface area contributed by atoms with Crippen LogP contribution in [0.5, 0.6) is 0 Å². The fourth-order valence-corrected chi connectivity index (χ4v) is 7.20. The molecule has 0 unspecified atom stereocenters. The molecule has 2 aromatic heterocycles. The minimum absolute atomic E-state index is 0.133. The van der Waals surface area contributed by atoms with E-state index in [1.54, 1.807) is 22.5 Å². The first-order chi connectivity index (χ1) is 14.9. The summed E-state index contributed by atoms with van der Waals surface area (Å²) >= 11 is 0. The van der Waals surface area contributed by atoms with Crippen LogP contribution < -0.4 is 10.7 Å². The zero-order valence-electron chi connectivity index (χ0n) is 18.1. The summed E-state index contributed by atoms with van der Waals surface area (Å²) in [7, 11) is 3.60. The van der Waals surface area contributed by atoms with Crippen LogP contribution in [0.4, 0.5) is 5.69 Å². The van der Waals surface area contributed by atoms with Crippen molar-refractivity contribution in [3.05, 3.63) is 58.0 Å². The number of aryl methyl sites for hydroxylation is 2. The highest BCUT2D eigenvalue weighted by atomic mass is 16.2. The lowest BCUT2D eigenvalue weighted by Crippen LogP contribution is -2.48. The van der Waals surface area contributed by atoms with Crippen molar-refractivity contribution in [1.82, 2.24) is 14.3 Å². The summed E-state index contributed by atoms with van der Waals surface area (Å²) in [6.45, 7) is 0. The van der Waals surface area contributed by atoms with Gasteiger partial charge in [0.25, 0.3) is 5.91 Å². The first-order valence-electron chi connectivity index (χ1n) is 11.3. The van der Waals surface area contributed by atoms with Gasteiger partial charge >= 0.3 is 0 Å². The van der Waals surface area contributed by atoms with Crippen LogP contribution in [0.2, 0.25) is 0 Å². The molecule has 0 saturated heterocycles. The molecule has 0 spiro atoms. The molecular formula is C25H28N4O2. The van der Waals surface area contributed by atoms with E-state index < -0.39 is 0 Å². The molecule has 6 nitrogen and oxygen atoms in total.